The molecule has 4 aromatic carbocycles. The summed E-state index contributed by atoms with van der Waals surface area (Å²) in [4.78, 5) is 0. The molecule has 2 nitrogen and oxygen atoms in total. The molecule has 178 valence electrons. The second kappa shape index (κ2) is 12.1. The molecule has 0 bridgehead atoms. The van der Waals surface area contributed by atoms with Gasteiger partial charge in [0.1, 0.15) is 5.75 Å². The average Bonchev–Trinajstić information content (AvgIpc) is 2.89. The van der Waals surface area contributed by atoms with Crippen LogP contribution in [0, 0.1) is 23.0 Å². The number of nitrogens with zero attached hydrogens (tertiary/aromatic N) is 1. The summed E-state index contributed by atoms with van der Waals surface area (Å²) < 4.78 is 32.5. The SMILES string of the molecule is N#Cc1ccc2cc(OCCCCCCCCc3ccc(-c4ccc(F)c(F)c4)cc3)ccc2c1. The Bertz CT molecular complexity index is 1310. The summed E-state index contributed by atoms with van der Waals surface area (Å²) in [7, 11) is 0. The Hall–Kier alpha value is -3.71. The van der Waals surface area contributed by atoms with E-state index in [-0.39, 0.29) is 0 Å². The van der Waals surface area contributed by atoms with Crippen molar-refractivity contribution in [1.82, 2.24) is 0 Å². The Morgan fingerprint density at radius 1 is 0.629 bits per heavy atom. The largest absolute Gasteiger partial charge is 0.494 e. The van der Waals surface area contributed by atoms with Crippen molar-refractivity contribution < 1.29 is 13.5 Å². The Labute approximate surface area is 205 Å². The van der Waals surface area contributed by atoms with Crippen LogP contribution in [0.2, 0.25) is 0 Å². The zero-order valence-electron chi connectivity index (χ0n) is 19.8. The third kappa shape index (κ3) is 6.90. The lowest BCUT2D eigenvalue weighted by Crippen LogP contribution is -1.97. The van der Waals surface area contributed by atoms with Crippen molar-refractivity contribution in [2.45, 2.75) is 44.9 Å². The van der Waals surface area contributed by atoms with Crippen molar-refractivity contribution in [2.24, 2.45) is 0 Å². The molecule has 0 aliphatic rings. The fourth-order valence-electron chi connectivity index (χ4n) is 4.25. The Balaban J connectivity index is 1.09. The molecule has 4 rings (SSSR count). The molecular weight excluding hydrogens is 440 g/mol. The lowest BCUT2D eigenvalue weighted by atomic mass is 10.0. The molecule has 0 N–H and O–H groups in total. The molecule has 0 aromatic heterocycles. The van der Waals surface area contributed by atoms with Gasteiger partial charge in [0.05, 0.1) is 18.2 Å². The van der Waals surface area contributed by atoms with Crippen LogP contribution in [-0.4, -0.2) is 6.61 Å². The van der Waals surface area contributed by atoms with Crippen molar-refractivity contribution in [3.63, 3.8) is 0 Å². The summed E-state index contributed by atoms with van der Waals surface area (Å²) in [6, 6.07) is 26.0. The van der Waals surface area contributed by atoms with E-state index in [0.717, 1.165) is 47.8 Å². The highest BCUT2D eigenvalue weighted by atomic mass is 19.2. The van der Waals surface area contributed by atoms with Gasteiger partial charge in [0.2, 0.25) is 0 Å². The molecule has 0 radical (unpaired) electrons. The molecule has 0 amide bonds. The number of hydrogen-bond donors (Lipinski definition) is 0. The first-order valence-electron chi connectivity index (χ1n) is 12.2. The number of fused-ring (bicyclic) bond motifs is 1. The number of ether oxygens (including phenoxy) is 1. The van der Waals surface area contributed by atoms with Gasteiger partial charge in [-0.2, -0.15) is 5.26 Å². The Morgan fingerprint density at radius 2 is 1.31 bits per heavy atom. The summed E-state index contributed by atoms with van der Waals surface area (Å²) in [6.07, 6.45) is 7.97. The minimum Gasteiger partial charge on any atom is -0.494 e. The number of hydrogen-bond acceptors (Lipinski definition) is 2. The van der Waals surface area contributed by atoms with Gasteiger partial charge < -0.3 is 4.74 Å². The number of rotatable bonds is 11. The molecule has 0 unspecified atom stereocenters. The summed E-state index contributed by atoms with van der Waals surface area (Å²) in [5.74, 6) is -0.764. The van der Waals surface area contributed by atoms with Crippen LogP contribution in [0.25, 0.3) is 21.9 Å². The van der Waals surface area contributed by atoms with Crippen LogP contribution in [0.3, 0.4) is 0 Å². The van der Waals surface area contributed by atoms with E-state index in [1.54, 1.807) is 6.07 Å². The maximum Gasteiger partial charge on any atom is 0.159 e. The second-order valence-electron chi connectivity index (χ2n) is 8.88. The summed E-state index contributed by atoms with van der Waals surface area (Å²) in [5.41, 5.74) is 3.52. The predicted octanol–water partition coefficient (Wildman–Crippen LogP) is 8.62. The smallest absolute Gasteiger partial charge is 0.159 e. The number of nitriles is 1. The van der Waals surface area contributed by atoms with Gasteiger partial charge in [0.15, 0.2) is 11.6 Å². The molecule has 4 aromatic rings. The molecule has 0 saturated carbocycles. The first kappa shape index (κ1) is 24.4. The zero-order valence-corrected chi connectivity index (χ0v) is 19.8. The van der Waals surface area contributed by atoms with Crippen LogP contribution in [0.4, 0.5) is 8.78 Å². The van der Waals surface area contributed by atoms with Crippen molar-refractivity contribution in [3.8, 4) is 22.9 Å². The molecule has 0 fully saturated rings. The third-order valence-corrected chi connectivity index (χ3v) is 6.28. The molecule has 0 atom stereocenters. The van der Waals surface area contributed by atoms with Crippen molar-refractivity contribution in [2.75, 3.05) is 6.61 Å². The van der Waals surface area contributed by atoms with Crippen LogP contribution in [0.5, 0.6) is 5.75 Å². The number of halogens is 2. The minimum absolute atomic E-state index is 0.670. The molecule has 0 aliphatic heterocycles. The number of benzene rings is 4. The van der Waals surface area contributed by atoms with Gasteiger partial charge in [-0.1, -0.05) is 68.1 Å². The van der Waals surface area contributed by atoms with E-state index < -0.39 is 11.6 Å². The van der Waals surface area contributed by atoms with E-state index in [1.807, 2.05) is 48.5 Å². The normalized spacial score (nSPS) is 10.9. The van der Waals surface area contributed by atoms with Crippen LogP contribution in [0.15, 0.2) is 78.9 Å². The van der Waals surface area contributed by atoms with Crippen molar-refractivity contribution in [1.29, 1.82) is 5.26 Å². The van der Waals surface area contributed by atoms with Gasteiger partial charge in [0.25, 0.3) is 0 Å². The van der Waals surface area contributed by atoms with Gasteiger partial charge in [-0.05, 0) is 83.1 Å². The second-order valence-corrected chi connectivity index (χ2v) is 8.88. The third-order valence-electron chi connectivity index (χ3n) is 6.28. The van der Waals surface area contributed by atoms with E-state index in [4.69, 9.17) is 10.00 Å². The average molecular weight is 470 g/mol. The maximum absolute atomic E-state index is 13.4. The minimum atomic E-state index is -0.820. The molecular formula is C31H29F2NO. The van der Waals surface area contributed by atoms with Gasteiger partial charge in [-0.15, -0.1) is 0 Å². The van der Waals surface area contributed by atoms with Gasteiger partial charge in [-0.3, -0.25) is 0 Å². The van der Waals surface area contributed by atoms with Gasteiger partial charge >= 0.3 is 0 Å². The highest BCUT2D eigenvalue weighted by molar-refractivity contribution is 5.85. The molecule has 0 heterocycles. The van der Waals surface area contributed by atoms with Crippen LogP contribution < -0.4 is 4.74 Å². The van der Waals surface area contributed by atoms with Crippen molar-refractivity contribution >= 4 is 10.8 Å². The monoisotopic (exact) mass is 469 g/mol. The Morgan fingerprint density at radius 3 is 2.09 bits per heavy atom. The lowest BCUT2D eigenvalue weighted by molar-refractivity contribution is 0.304. The molecule has 35 heavy (non-hydrogen) atoms. The fourth-order valence-corrected chi connectivity index (χ4v) is 4.25. The lowest BCUT2D eigenvalue weighted by Gasteiger charge is -2.08. The maximum atomic E-state index is 13.4. The quantitative estimate of drug-likeness (QED) is 0.206. The number of unbranched alkanes of at least 4 members (excludes halogenated alkanes) is 5. The molecule has 0 saturated heterocycles. The Kier molecular flexibility index (Phi) is 8.46. The standard InChI is InChI=1S/C31H29F2NO/c32-30-17-15-28(21-31(30)33)25-11-8-23(9-12-25)7-5-3-1-2-4-6-18-35-29-16-14-26-19-24(22-34)10-13-27(26)20-29/h8-17,19-21H,1-7,18H2. The molecule has 0 aliphatic carbocycles. The topological polar surface area (TPSA) is 33.0 Å². The molecule has 4 heteroatoms. The van der Waals surface area contributed by atoms with Gasteiger partial charge in [-0.25, -0.2) is 8.78 Å². The predicted molar refractivity (Wildman–Crippen MR) is 137 cm³/mol. The first-order valence-corrected chi connectivity index (χ1v) is 12.2. The van der Waals surface area contributed by atoms with Crippen LogP contribution >= 0.6 is 0 Å². The highest BCUT2D eigenvalue weighted by Crippen LogP contribution is 2.24. The van der Waals surface area contributed by atoms with Crippen LogP contribution in [-0.2, 0) is 6.42 Å². The highest BCUT2D eigenvalue weighted by Gasteiger charge is 2.05. The fraction of sp³-hybridized carbons (Fsp3) is 0.258. The summed E-state index contributed by atoms with van der Waals surface area (Å²) >= 11 is 0. The summed E-state index contributed by atoms with van der Waals surface area (Å²) in [6.45, 7) is 0.714. The van der Waals surface area contributed by atoms with E-state index in [9.17, 15) is 8.78 Å². The number of aryl methyl sites for hydroxylation is 1. The first-order chi connectivity index (χ1) is 17.1. The zero-order chi connectivity index (χ0) is 24.5. The van der Waals surface area contributed by atoms with E-state index in [2.05, 4.69) is 18.2 Å². The molecule has 0 spiro atoms. The van der Waals surface area contributed by atoms with Crippen LogP contribution in [0.1, 0.15) is 49.7 Å². The summed E-state index contributed by atoms with van der Waals surface area (Å²) in [5, 5.41) is 11.1. The van der Waals surface area contributed by atoms with Gasteiger partial charge in [0, 0.05) is 0 Å². The van der Waals surface area contributed by atoms with E-state index in [1.165, 1.54) is 37.0 Å². The van der Waals surface area contributed by atoms with E-state index in [0.29, 0.717) is 17.7 Å². The van der Waals surface area contributed by atoms with Crippen molar-refractivity contribution in [3.05, 3.63) is 102 Å². The van der Waals surface area contributed by atoms with E-state index >= 15 is 0 Å².